The van der Waals surface area contributed by atoms with Gasteiger partial charge in [-0.25, -0.2) is 0 Å². The fourth-order valence-electron chi connectivity index (χ4n) is 1.22. The molecule has 0 aliphatic carbocycles. The smallest absolute Gasteiger partial charge is 0.263 e. The van der Waals surface area contributed by atoms with Gasteiger partial charge in [-0.1, -0.05) is 6.92 Å². The lowest BCUT2D eigenvalue weighted by molar-refractivity contribution is -0.557. The molecule has 0 unspecified atom stereocenters. The summed E-state index contributed by atoms with van der Waals surface area (Å²) in [5.41, 5.74) is 0. The average Bonchev–Trinajstić information content (AvgIpc) is 2.16. The van der Waals surface area contributed by atoms with Crippen LogP contribution < -0.4 is 0 Å². The van der Waals surface area contributed by atoms with Crippen LogP contribution in [-0.2, 0) is 0 Å². The maximum Gasteiger partial charge on any atom is 0.307 e. The molecule has 8 nitrogen and oxygen atoms in total. The topological polar surface area (TPSA) is 134 Å². The van der Waals surface area contributed by atoms with E-state index in [1.807, 2.05) is 0 Å². The molecule has 0 spiro atoms. The maximum atomic E-state index is 10.4. The summed E-state index contributed by atoms with van der Waals surface area (Å²) in [5.74, 6) is -1.19. The van der Waals surface area contributed by atoms with Crippen LogP contribution in [0.15, 0.2) is 0 Å². The minimum Gasteiger partial charge on any atom is -0.263 e. The van der Waals surface area contributed by atoms with E-state index in [1.54, 1.807) is 0 Å². The normalized spacial score (nSPS) is 13.6. The van der Waals surface area contributed by atoms with E-state index in [0.717, 1.165) is 0 Å². The van der Waals surface area contributed by atoms with Crippen LogP contribution >= 0.6 is 0 Å². The Kier molecular flexibility index (Phi) is 4.68. The largest absolute Gasteiger partial charge is 0.307 e. The molecule has 8 heteroatoms. The summed E-state index contributed by atoms with van der Waals surface area (Å²) in [5, 5.41) is 37.9. The Morgan fingerprint density at radius 3 is 1.60 bits per heavy atom. The molecule has 80 valence electrons. The van der Waals surface area contributed by atoms with Crippen LogP contribution in [0, 0.1) is 48.8 Å². The molecule has 0 aromatic rings. The summed E-state index contributed by atoms with van der Waals surface area (Å²) < 4.78 is 0. The van der Waals surface area contributed by atoms with E-state index in [4.69, 9.17) is 10.5 Å². The number of nitriles is 2. The Morgan fingerprint density at radius 2 is 1.47 bits per heavy atom. The van der Waals surface area contributed by atoms with E-state index in [1.165, 1.54) is 19.1 Å². The number of hydrogen-bond donors (Lipinski definition) is 0. The molecule has 0 heterocycles. The van der Waals surface area contributed by atoms with E-state index < -0.39 is 27.8 Å². The number of rotatable bonds is 5. The van der Waals surface area contributed by atoms with Gasteiger partial charge in [-0.05, 0) is 6.42 Å². The van der Waals surface area contributed by atoms with Crippen molar-refractivity contribution in [1.82, 2.24) is 0 Å². The van der Waals surface area contributed by atoms with Crippen molar-refractivity contribution >= 4 is 0 Å². The highest BCUT2D eigenvalue weighted by atomic mass is 16.6. The van der Waals surface area contributed by atoms with Crippen LogP contribution in [0.25, 0.3) is 0 Å². The second-order valence-electron chi connectivity index (χ2n) is 2.79. The molecule has 2 atom stereocenters. The minimum absolute atomic E-state index is 0.0262. The first kappa shape index (κ1) is 12.8. The predicted octanol–water partition coefficient (Wildman–Crippen LogP) is 0.350. The van der Waals surface area contributed by atoms with E-state index in [-0.39, 0.29) is 6.42 Å². The molecule has 15 heavy (non-hydrogen) atoms. The highest BCUT2D eigenvalue weighted by Gasteiger charge is 2.43. The first-order valence-electron chi connectivity index (χ1n) is 4.05. The van der Waals surface area contributed by atoms with Gasteiger partial charge < -0.3 is 0 Å². The lowest BCUT2D eigenvalue weighted by Crippen LogP contribution is -2.39. The molecule has 0 aromatic heterocycles. The molecular weight excluding hydrogens is 204 g/mol. The molecule has 0 saturated heterocycles. The first-order valence-corrected chi connectivity index (χ1v) is 4.05. The van der Waals surface area contributed by atoms with E-state index >= 15 is 0 Å². The lowest BCUT2D eigenvalue weighted by Gasteiger charge is -2.13. The fourth-order valence-corrected chi connectivity index (χ4v) is 1.22. The zero-order valence-electron chi connectivity index (χ0n) is 7.86. The van der Waals surface area contributed by atoms with Crippen molar-refractivity contribution < 1.29 is 9.85 Å². The minimum atomic E-state index is -1.72. The van der Waals surface area contributed by atoms with Crippen molar-refractivity contribution in [2.45, 2.75) is 25.4 Å². The Bertz CT molecular complexity index is 310. The third-order valence-electron chi connectivity index (χ3n) is 2.00. The molecular formula is C7H8N4O4. The van der Waals surface area contributed by atoms with Gasteiger partial charge in [0.15, 0.2) is 0 Å². The summed E-state index contributed by atoms with van der Waals surface area (Å²) in [6.45, 7) is 1.46. The molecule has 0 aliphatic heterocycles. The zero-order chi connectivity index (χ0) is 12.0. The van der Waals surface area contributed by atoms with E-state index in [0.29, 0.717) is 0 Å². The van der Waals surface area contributed by atoms with Crippen molar-refractivity contribution in [2.24, 2.45) is 5.92 Å². The van der Waals surface area contributed by atoms with Gasteiger partial charge in [-0.3, -0.25) is 20.2 Å². The quantitative estimate of drug-likeness (QED) is 0.476. The van der Waals surface area contributed by atoms with E-state index in [9.17, 15) is 20.2 Å². The Morgan fingerprint density at radius 1 is 1.13 bits per heavy atom. The summed E-state index contributed by atoms with van der Waals surface area (Å²) >= 11 is 0. The molecule has 0 saturated carbocycles. The zero-order valence-corrected chi connectivity index (χ0v) is 7.86. The lowest BCUT2D eigenvalue weighted by atomic mass is 9.91. The van der Waals surface area contributed by atoms with Gasteiger partial charge >= 0.3 is 12.1 Å². The molecule has 0 amide bonds. The third kappa shape index (κ3) is 2.88. The summed E-state index contributed by atoms with van der Waals surface area (Å²) in [4.78, 5) is 19.0. The van der Waals surface area contributed by atoms with Crippen molar-refractivity contribution in [2.75, 3.05) is 0 Å². The molecule has 0 radical (unpaired) electrons. The fraction of sp³-hybridized carbons (Fsp3) is 0.714. The summed E-state index contributed by atoms with van der Waals surface area (Å²) in [6.07, 6.45) is 0.0262. The second-order valence-corrected chi connectivity index (χ2v) is 2.79. The van der Waals surface area contributed by atoms with Gasteiger partial charge in [0.25, 0.3) is 0 Å². The molecule has 0 fully saturated rings. The molecule has 0 aliphatic rings. The second kappa shape index (κ2) is 5.50. The SMILES string of the molecule is CCC([C@@H](C#N)[N+](=O)[O-])[C@@H](C#N)[N+](=O)[O-]. The molecule has 0 N–H and O–H groups in total. The van der Waals surface area contributed by atoms with Crippen LogP contribution in [0.5, 0.6) is 0 Å². The third-order valence-corrected chi connectivity index (χ3v) is 2.00. The van der Waals surface area contributed by atoms with Crippen molar-refractivity contribution in [3.05, 3.63) is 20.2 Å². The Hall–Kier alpha value is -2.22. The molecule has 0 aromatic carbocycles. The molecule has 0 rings (SSSR count). The predicted molar refractivity (Wildman–Crippen MR) is 46.6 cm³/mol. The van der Waals surface area contributed by atoms with Crippen LogP contribution in [0.2, 0.25) is 0 Å². The Labute approximate surface area is 85.0 Å². The average molecular weight is 212 g/mol. The maximum absolute atomic E-state index is 10.4. The number of hydrogen-bond acceptors (Lipinski definition) is 6. The molecule has 0 bridgehead atoms. The van der Waals surface area contributed by atoms with Crippen LogP contribution in [-0.4, -0.2) is 21.9 Å². The standard InChI is InChI=1S/C7H8N4O4/c1-2-5(6(3-8)10(12)13)7(4-9)11(14)15/h5-7H,2H2,1H3/t6-,7-/m1/s1. The monoisotopic (exact) mass is 212 g/mol. The Balaban J connectivity index is 5.06. The highest BCUT2D eigenvalue weighted by molar-refractivity contribution is 4.98. The van der Waals surface area contributed by atoms with Gasteiger partial charge in [0.2, 0.25) is 0 Å². The summed E-state index contributed by atoms with van der Waals surface area (Å²) in [6, 6.07) is -0.700. The number of nitrogens with zero attached hydrogens (tertiary/aromatic N) is 4. The van der Waals surface area contributed by atoms with Gasteiger partial charge in [-0.2, -0.15) is 10.5 Å². The number of nitro groups is 2. The van der Waals surface area contributed by atoms with Crippen molar-refractivity contribution in [1.29, 1.82) is 10.5 Å². The van der Waals surface area contributed by atoms with Gasteiger partial charge in [0.1, 0.15) is 18.1 Å². The van der Waals surface area contributed by atoms with Gasteiger partial charge in [0, 0.05) is 9.85 Å². The van der Waals surface area contributed by atoms with Crippen molar-refractivity contribution in [3.63, 3.8) is 0 Å². The van der Waals surface area contributed by atoms with E-state index in [2.05, 4.69) is 0 Å². The first-order chi connectivity index (χ1) is 6.99. The van der Waals surface area contributed by atoms with Gasteiger partial charge in [-0.15, -0.1) is 0 Å². The van der Waals surface area contributed by atoms with Crippen LogP contribution in [0.1, 0.15) is 13.3 Å². The van der Waals surface area contributed by atoms with Crippen LogP contribution in [0.4, 0.5) is 0 Å². The van der Waals surface area contributed by atoms with Crippen molar-refractivity contribution in [3.8, 4) is 12.1 Å². The summed E-state index contributed by atoms with van der Waals surface area (Å²) in [7, 11) is 0. The van der Waals surface area contributed by atoms with Crippen LogP contribution in [0.3, 0.4) is 0 Å². The highest BCUT2D eigenvalue weighted by Crippen LogP contribution is 2.17. The van der Waals surface area contributed by atoms with Gasteiger partial charge in [0.05, 0.1) is 0 Å².